The first kappa shape index (κ1) is 16.7. The fraction of sp³-hybridized carbons (Fsp3) is 0.438. The zero-order valence-corrected chi connectivity index (χ0v) is 14.5. The second-order valence-corrected chi connectivity index (χ2v) is 7.87. The Morgan fingerprint density at radius 1 is 1.23 bits per heavy atom. The lowest BCUT2D eigenvalue weighted by atomic mass is 10.0. The molecule has 1 atom stereocenters. The summed E-state index contributed by atoms with van der Waals surface area (Å²) < 4.78 is 23.0. The molecule has 1 heterocycles. The lowest BCUT2D eigenvalue weighted by Gasteiger charge is -2.25. The van der Waals surface area contributed by atoms with E-state index in [2.05, 4.69) is 29.1 Å². The second-order valence-electron chi connectivity index (χ2n) is 5.85. The van der Waals surface area contributed by atoms with Gasteiger partial charge in [-0.15, -0.1) is 0 Å². The number of nitrogens with zero attached hydrogens (tertiary/aromatic N) is 2. The van der Waals surface area contributed by atoms with Crippen LogP contribution in [0.25, 0.3) is 0 Å². The van der Waals surface area contributed by atoms with Crippen molar-refractivity contribution in [3.63, 3.8) is 0 Å². The van der Waals surface area contributed by atoms with Gasteiger partial charge in [0, 0.05) is 30.1 Å². The average Bonchev–Trinajstić information content (AvgIpc) is 2.77. The molecule has 5 nitrogen and oxygen atoms in total. The van der Waals surface area contributed by atoms with E-state index in [9.17, 15) is 8.42 Å². The zero-order valence-electron chi connectivity index (χ0n) is 13.7. The first-order valence-electron chi connectivity index (χ1n) is 7.21. The zero-order chi connectivity index (χ0) is 16.5. The molecule has 0 aliphatic rings. The van der Waals surface area contributed by atoms with E-state index in [4.69, 9.17) is 0 Å². The van der Waals surface area contributed by atoms with Crippen LogP contribution in [0.2, 0.25) is 0 Å². The molecule has 6 heteroatoms. The maximum Gasteiger partial charge on any atom is 0.175 e. The number of sulfone groups is 1. The third kappa shape index (κ3) is 3.56. The highest BCUT2D eigenvalue weighted by Gasteiger charge is 2.18. The number of nitrogens with one attached hydrogen (secondary N) is 1. The molecule has 0 saturated carbocycles. The van der Waals surface area contributed by atoms with Crippen LogP contribution < -0.4 is 0 Å². The number of hydrogen-bond acceptors (Lipinski definition) is 4. The second kappa shape index (κ2) is 6.22. The standard InChI is InChI=1S/C16H23N3O2S/c1-11-16(12(2)18-17-11)13(3)19(4)10-14-6-8-15(9-7-14)22(5,20)21/h6-9,13H,10H2,1-5H3,(H,17,18). The summed E-state index contributed by atoms with van der Waals surface area (Å²) in [5, 5.41) is 7.26. The van der Waals surface area contributed by atoms with E-state index in [-0.39, 0.29) is 6.04 Å². The Labute approximate surface area is 132 Å². The van der Waals surface area contributed by atoms with E-state index < -0.39 is 9.84 Å². The molecule has 22 heavy (non-hydrogen) atoms. The topological polar surface area (TPSA) is 66.1 Å². The predicted octanol–water partition coefficient (Wildman–Crippen LogP) is 2.62. The SMILES string of the molecule is Cc1n[nH]c(C)c1C(C)N(C)Cc1ccc(S(C)(=O)=O)cc1. The summed E-state index contributed by atoms with van der Waals surface area (Å²) >= 11 is 0. The number of H-pyrrole nitrogens is 1. The highest BCUT2D eigenvalue weighted by molar-refractivity contribution is 7.90. The van der Waals surface area contributed by atoms with Crippen molar-refractivity contribution in [2.24, 2.45) is 0 Å². The first-order chi connectivity index (χ1) is 10.2. The molecule has 0 amide bonds. The van der Waals surface area contributed by atoms with Gasteiger partial charge in [0.25, 0.3) is 0 Å². The van der Waals surface area contributed by atoms with Gasteiger partial charge in [0.1, 0.15) is 0 Å². The van der Waals surface area contributed by atoms with Crippen LogP contribution in [-0.4, -0.2) is 36.8 Å². The molecular formula is C16H23N3O2S. The molecule has 0 spiro atoms. The Bertz CT molecular complexity index is 729. The van der Waals surface area contributed by atoms with Gasteiger partial charge in [0.2, 0.25) is 0 Å². The van der Waals surface area contributed by atoms with Crippen LogP contribution in [0, 0.1) is 13.8 Å². The molecule has 0 bridgehead atoms. The van der Waals surface area contributed by atoms with Gasteiger partial charge < -0.3 is 0 Å². The van der Waals surface area contributed by atoms with E-state index in [1.165, 1.54) is 11.8 Å². The van der Waals surface area contributed by atoms with Gasteiger partial charge in [-0.05, 0) is 45.5 Å². The quantitative estimate of drug-likeness (QED) is 0.919. The van der Waals surface area contributed by atoms with Gasteiger partial charge in [-0.3, -0.25) is 10.00 Å². The minimum Gasteiger partial charge on any atom is -0.295 e. The molecule has 0 fully saturated rings. The van der Waals surface area contributed by atoms with Crippen LogP contribution in [0.15, 0.2) is 29.2 Å². The molecule has 2 aromatic rings. The molecule has 1 unspecified atom stereocenters. The minimum atomic E-state index is -3.14. The molecule has 0 radical (unpaired) electrons. The lowest BCUT2D eigenvalue weighted by Crippen LogP contribution is -2.22. The average molecular weight is 321 g/mol. The van der Waals surface area contributed by atoms with Crippen LogP contribution in [0.1, 0.15) is 35.5 Å². The number of aromatic amines is 1. The summed E-state index contributed by atoms with van der Waals surface area (Å²) in [6, 6.07) is 7.30. The van der Waals surface area contributed by atoms with Crippen molar-refractivity contribution in [3.05, 3.63) is 46.8 Å². The van der Waals surface area contributed by atoms with E-state index in [0.717, 1.165) is 23.5 Å². The monoisotopic (exact) mass is 321 g/mol. The van der Waals surface area contributed by atoms with Gasteiger partial charge in [-0.1, -0.05) is 12.1 Å². The minimum absolute atomic E-state index is 0.230. The van der Waals surface area contributed by atoms with Crippen LogP contribution in [0.4, 0.5) is 0 Å². The summed E-state index contributed by atoms with van der Waals surface area (Å²) in [5.74, 6) is 0. The molecule has 2 rings (SSSR count). The van der Waals surface area contributed by atoms with Crippen molar-refractivity contribution in [2.75, 3.05) is 13.3 Å². The summed E-state index contributed by atoms with van der Waals surface area (Å²) in [4.78, 5) is 2.58. The van der Waals surface area contributed by atoms with Crippen LogP contribution in [0.5, 0.6) is 0 Å². The van der Waals surface area contributed by atoms with Gasteiger partial charge in [0.15, 0.2) is 9.84 Å². The fourth-order valence-electron chi connectivity index (χ4n) is 2.66. The summed E-state index contributed by atoms with van der Waals surface area (Å²) in [5.41, 5.74) is 4.41. The van der Waals surface area contributed by atoms with Crippen molar-refractivity contribution < 1.29 is 8.42 Å². The van der Waals surface area contributed by atoms with Crippen molar-refractivity contribution in [3.8, 4) is 0 Å². The van der Waals surface area contributed by atoms with Crippen LogP contribution in [0.3, 0.4) is 0 Å². The fourth-order valence-corrected chi connectivity index (χ4v) is 3.29. The Morgan fingerprint density at radius 3 is 2.27 bits per heavy atom. The third-order valence-corrected chi connectivity index (χ3v) is 5.18. The molecule has 1 N–H and O–H groups in total. The molecular weight excluding hydrogens is 298 g/mol. The smallest absolute Gasteiger partial charge is 0.175 e. The number of aromatic nitrogens is 2. The summed E-state index contributed by atoms with van der Waals surface area (Å²) in [7, 11) is -1.08. The molecule has 120 valence electrons. The summed E-state index contributed by atoms with van der Waals surface area (Å²) in [6.07, 6.45) is 1.22. The largest absolute Gasteiger partial charge is 0.295 e. The van der Waals surface area contributed by atoms with E-state index >= 15 is 0 Å². The molecule has 1 aromatic carbocycles. The molecule has 1 aromatic heterocycles. The van der Waals surface area contributed by atoms with E-state index in [0.29, 0.717) is 4.90 Å². The summed E-state index contributed by atoms with van der Waals surface area (Å²) in [6.45, 7) is 6.93. The maximum absolute atomic E-state index is 11.5. The van der Waals surface area contributed by atoms with Crippen LogP contribution in [-0.2, 0) is 16.4 Å². The lowest BCUT2D eigenvalue weighted by molar-refractivity contribution is 0.251. The highest BCUT2D eigenvalue weighted by Crippen LogP contribution is 2.25. The number of aryl methyl sites for hydroxylation is 2. The number of rotatable bonds is 5. The van der Waals surface area contributed by atoms with Crippen molar-refractivity contribution in [2.45, 2.75) is 38.3 Å². The molecule has 0 saturated heterocycles. The van der Waals surface area contributed by atoms with Crippen molar-refractivity contribution in [1.82, 2.24) is 15.1 Å². The van der Waals surface area contributed by atoms with E-state index in [1.54, 1.807) is 12.1 Å². The normalized spacial score (nSPS) is 13.5. The maximum atomic E-state index is 11.5. The van der Waals surface area contributed by atoms with Gasteiger partial charge in [0.05, 0.1) is 10.6 Å². The van der Waals surface area contributed by atoms with Crippen LogP contribution >= 0.6 is 0 Å². The molecule has 0 aliphatic carbocycles. The Hall–Kier alpha value is -1.66. The number of benzene rings is 1. The van der Waals surface area contributed by atoms with Crippen molar-refractivity contribution in [1.29, 1.82) is 0 Å². The highest BCUT2D eigenvalue weighted by atomic mass is 32.2. The van der Waals surface area contributed by atoms with Gasteiger partial charge >= 0.3 is 0 Å². The Morgan fingerprint density at radius 2 is 1.82 bits per heavy atom. The number of hydrogen-bond donors (Lipinski definition) is 1. The predicted molar refractivity (Wildman–Crippen MR) is 87.5 cm³/mol. The molecule has 0 aliphatic heterocycles. The third-order valence-electron chi connectivity index (χ3n) is 4.05. The Kier molecular flexibility index (Phi) is 4.72. The van der Waals surface area contributed by atoms with Crippen molar-refractivity contribution >= 4 is 9.84 Å². The van der Waals surface area contributed by atoms with Gasteiger partial charge in [-0.2, -0.15) is 5.10 Å². The van der Waals surface area contributed by atoms with Gasteiger partial charge in [-0.25, -0.2) is 8.42 Å². The Balaban J connectivity index is 2.13. The first-order valence-corrected chi connectivity index (χ1v) is 9.10. The van der Waals surface area contributed by atoms with E-state index in [1.807, 2.05) is 26.0 Å².